The molecule has 0 bridgehead atoms. The van der Waals surface area contributed by atoms with Gasteiger partial charge < -0.3 is 14.5 Å². The molecule has 2 aromatic rings. The number of amides is 2. The van der Waals surface area contributed by atoms with Crippen LogP contribution in [0.2, 0.25) is 0 Å². The van der Waals surface area contributed by atoms with Gasteiger partial charge in [-0.3, -0.25) is 13.9 Å². The highest BCUT2D eigenvalue weighted by molar-refractivity contribution is 7.92. The largest absolute Gasteiger partial charge is 0.497 e. The van der Waals surface area contributed by atoms with E-state index in [1.165, 1.54) is 36.3 Å². The minimum absolute atomic E-state index is 0.0482. The lowest BCUT2D eigenvalue weighted by Gasteiger charge is -2.35. The van der Waals surface area contributed by atoms with Crippen LogP contribution in [-0.4, -0.2) is 70.4 Å². The lowest BCUT2D eigenvalue weighted by atomic mass is 10.0. The van der Waals surface area contributed by atoms with E-state index in [1.807, 2.05) is 4.90 Å². The lowest BCUT2D eigenvalue weighted by molar-refractivity contribution is -0.133. The quantitative estimate of drug-likeness (QED) is 0.583. The van der Waals surface area contributed by atoms with Crippen molar-refractivity contribution >= 4 is 27.5 Å². The molecule has 0 spiro atoms. The smallest absolute Gasteiger partial charge is 0.264 e. The van der Waals surface area contributed by atoms with Crippen molar-refractivity contribution in [3.8, 4) is 5.75 Å². The monoisotopic (exact) mass is 499 g/mol. The molecule has 0 N–H and O–H groups in total. The van der Waals surface area contributed by atoms with Gasteiger partial charge in [0.05, 0.1) is 17.7 Å². The summed E-state index contributed by atoms with van der Waals surface area (Å²) < 4.78 is 32.8. The molecule has 0 unspecified atom stereocenters. The molecule has 8 nitrogen and oxygen atoms in total. The minimum Gasteiger partial charge on any atom is -0.497 e. The second kappa shape index (κ2) is 10.7. The first kappa shape index (κ1) is 25.0. The van der Waals surface area contributed by atoms with Crippen molar-refractivity contribution in [3.05, 3.63) is 54.1 Å². The Balaban J connectivity index is 1.40. The molecule has 35 heavy (non-hydrogen) atoms. The molecule has 188 valence electrons. The van der Waals surface area contributed by atoms with E-state index in [0.29, 0.717) is 55.5 Å². The number of piperazine rings is 1. The van der Waals surface area contributed by atoms with Crippen LogP contribution < -0.4 is 9.04 Å². The van der Waals surface area contributed by atoms with Gasteiger partial charge in [-0.25, -0.2) is 8.42 Å². The molecule has 1 aliphatic heterocycles. The average molecular weight is 500 g/mol. The van der Waals surface area contributed by atoms with Crippen LogP contribution >= 0.6 is 0 Å². The standard InChI is InChI=1S/C26H33N3O5S/c1-27(22-10-12-23(34-2)13-11-22)35(32,33)24-9-5-8-21(19-24)26(31)29-16-14-28(15-17-29)25(30)18-20-6-3-4-7-20/h5,8-13,19-20H,3-4,6-7,14-18H2,1-2H3. The number of benzene rings is 2. The van der Waals surface area contributed by atoms with Crippen LogP contribution in [0.25, 0.3) is 0 Å². The molecule has 1 saturated carbocycles. The highest BCUT2D eigenvalue weighted by Gasteiger charge is 2.28. The summed E-state index contributed by atoms with van der Waals surface area (Å²) in [5, 5.41) is 0. The summed E-state index contributed by atoms with van der Waals surface area (Å²) in [5.74, 6) is 1.09. The highest BCUT2D eigenvalue weighted by atomic mass is 32.2. The van der Waals surface area contributed by atoms with Crippen molar-refractivity contribution in [2.75, 3.05) is 44.6 Å². The van der Waals surface area contributed by atoms with Crippen molar-refractivity contribution in [2.45, 2.75) is 37.0 Å². The van der Waals surface area contributed by atoms with Crippen LogP contribution in [0.4, 0.5) is 5.69 Å². The summed E-state index contributed by atoms with van der Waals surface area (Å²) in [6.45, 7) is 1.90. The fourth-order valence-electron chi connectivity index (χ4n) is 4.81. The third-order valence-electron chi connectivity index (χ3n) is 7.03. The summed E-state index contributed by atoms with van der Waals surface area (Å²) >= 11 is 0. The predicted molar refractivity (Wildman–Crippen MR) is 134 cm³/mol. The molecule has 1 saturated heterocycles. The number of carbonyl (C=O) groups is 2. The number of anilines is 1. The van der Waals surface area contributed by atoms with E-state index < -0.39 is 10.0 Å². The van der Waals surface area contributed by atoms with Gasteiger partial charge in [-0.15, -0.1) is 0 Å². The van der Waals surface area contributed by atoms with Crippen LogP contribution in [-0.2, 0) is 14.8 Å². The number of ether oxygens (including phenoxy) is 1. The maximum atomic E-state index is 13.2. The predicted octanol–water partition coefficient (Wildman–Crippen LogP) is 3.39. The minimum atomic E-state index is -3.86. The van der Waals surface area contributed by atoms with Gasteiger partial charge in [0.2, 0.25) is 5.91 Å². The average Bonchev–Trinajstić information content (AvgIpc) is 3.41. The molecule has 0 aromatic heterocycles. The Bertz CT molecular complexity index is 1150. The van der Waals surface area contributed by atoms with Gasteiger partial charge in [0.15, 0.2) is 0 Å². The maximum Gasteiger partial charge on any atom is 0.264 e. The normalized spacial score (nSPS) is 16.9. The Hall–Kier alpha value is -3.07. The number of carbonyl (C=O) groups excluding carboxylic acids is 2. The van der Waals surface area contributed by atoms with E-state index in [-0.39, 0.29) is 16.7 Å². The molecule has 2 fully saturated rings. The van der Waals surface area contributed by atoms with Gasteiger partial charge in [-0.1, -0.05) is 18.9 Å². The van der Waals surface area contributed by atoms with Gasteiger partial charge in [0.1, 0.15) is 5.75 Å². The molecule has 0 atom stereocenters. The zero-order chi connectivity index (χ0) is 25.0. The van der Waals surface area contributed by atoms with Crippen molar-refractivity contribution in [3.63, 3.8) is 0 Å². The molecule has 2 amide bonds. The highest BCUT2D eigenvalue weighted by Crippen LogP contribution is 2.28. The number of sulfonamides is 1. The van der Waals surface area contributed by atoms with Gasteiger partial charge in [0.25, 0.3) is 15.9 Å². The Morgan fingerprint density at radius 3 is 2.23 bits per heavy atom. The Labute approximate surface area is 207 Å². The Kier molecular flexibility index (Phi) is 7.64. The van der Waals surface area contributed by atoms with Crippen LogP contribution in [0.15, 0.2) is 53.4 Å². The molecule has 2 aliphatic rings. The van der Waals surface area contributed by atoms with Gasteiger partial charge in [-0.05, 0) is 61.2 Å². The fraction of sp³-hybridized carbons (Fsp3) is 0.462. The van der Waals surface area contributed by atoms with Crippen LogP contribution in [0, 0.1) is 5.92 Å². The Morgan fingerprint density at radius 2 is 1.60 bits per heavy atom. The first-order chi connectivity index (χ1) is 16.8. The summed E-state index contributed by atoms with van der Waals surface area (Å²) in [7, 11) is -0.834. The van der Waals surface area contributed by atoms with Gasteiger partial charge in [0, 0.05) is 45.2 Å². The molecule has 4 rings (SSSR count). The van der Waals surface area contributed by atoms with Crippen molar-refractivity contribution in [2.24, 2.45) is 5.92 Å². The number of rotatable bonds is 7. The van der Waals surface area contributed by atoms with Gasteiger partial charge in [-0.2, -0.15) is 0 Å². The van der Waals surface area contributed by atoms with E-state index in [2.05, 4.69) is 0 Å². The van der Waals surface area contributed by atoms with Crippen molar-refractivity contribution in [1.82, 2.24) is 9.80 Å². The third kappa shape index (κ3) is 5.61. The topological polar surface area (TPSA) is 87.2 Å². The molecular weight excluding hydrogens is 466 g/mol. The maximum absolute atomic E-state index is 13.2. The summed E-state index contributed by atoms with van der Waals surface area (Å²) in [6.07, 6.45) is 5.31. The first-order valence-electron chi connectivity index (χ1n) is 12.1. The molecule has 1 aliphatic carbocycles. The third-order valence-corrected chi connectivity index (χ3v) is 8.81. The van der Waals surface area contributed by atoms with Gasteiger partial charge >= 0.3 is 0 Å². The molecular formula is C26H33N3O5S. The fourth-order valence-corrected chi connectivity index (χ4v) is 6.05. The second-order valence-electron chi connectivity index (χ2n) is 9.23. The number of nitrogens with zero attached hydrogens (tertiary/aromatic N) is 3. The SMILES string of the molecule is COc1ccc(N(C)S(=O)(=O)c2cccc(C(=O)N3CCN(C(=O)CC4CCCC4)CC3)c2)cc1. The van der Waals surface area contributed by atoms with E-state index >= 15 is 0 Å². The number of methoxy groups -OCH3 is 1. The lowest BCUT2D eigenvalue weighted by Crippen LogP contribution is -2.50. The van der Waals surface area contributed by atoms with E-state index in [4.69, 9.17) is 4.74 Å². The molecule has 0 radical (unpaired) electrons. The van der Waals surface area contributed by atoms with Crippen LogP contribution in [0.1, 0.15) is 42.5 Å². The van der Waals surface area contributed by atoms with Crippen molar-refractivity contribution < 1.29 is 22.7 Å². The van der Waals surface area contributed by atoms with Crippen molar-refractivity contribution in [1.29, 1.82) is 0 Å². The zero-order valence-electron chi connectivity index (χ0n) is 20.4. The molecule has 2 aromatic carbocycles. The number of hydrogen-bond acceptors (Lipinski definition) is 5. The van der Waals surface area contributed by atoms with E-state index in [1.54, 1.807) is 48.4 Å². The summed E-state index contributed by atoms with van der Waals surface area (Å²) in [5.41, 5.74) is 0.806. The summed E-state index contributed by atoms with van der Waals surface area (Å²) in [4.78, 5) is 29.4. The second-order valence-corrected chi connectivity index (χ2v) is 11.2. The van der Waals surface area contributed by atoms with E-state index in [9.17, 15) is 18.0 Å². The number of hydrogen-bond donors (Lipinski definition) is 0. The molecule has 1 heterocycles. The van der Waals surface area contributed by atoms with E-state index in [0.717, 1.165) is 12.8 Å². The Morgan fingerprint density at radius 1 is 0.971 bits per heavy atom. The first-order valence-corrected chi connectivity index (χ1v) is 13.5. The summed E-state index contributed by atoms with van der Waals surface area (Å²) in [6, 6.07) is 12.9. The van der Waals surface area contributed by atoms with Crippen LogP contribution in [0.3, 0.4) is 0 Å². The zero-order valence-corrected chi connectivity index (χ0v) is 21.2. The van der Waals surface area contributed by atoms with Crippen LogP contribution in [0.5, 0.6) is 5.75 Å². The molecule has 9 heteroatoms.